The number of pyridine rings is 1. The number of hydrogen-bond acceptors (Lipinski definition) is 5. The van der Waals surface area contributed by atoms with E-state index in [1.54, 1.807) is 6.07 Å². The fourth-order valence-electron chi connectivity index (χ4n) is 2.69. The van der Waals surface area contributed by atoms with Crippen LogP contribution >= 0.6 is 0 Å². The van der Waals surface area contributed by atoms with E-state index in [1.807, 2.05) is 0 Å². The van der Waals surface area contributed by atoms with E-state index < -0.39 is 4.92 Å². The summed E-state index contributed by atoms with van der Waals surface area (Å²) >= 11 is 0. The molecule has 2 heterocycles. The van der Waals surface area contributed by atoms with Crippen molar-refractivity contribution in [2.24, 2.45) is 0 Å². The van der Waals surface area contributed by atoms with Crippen molar-refractivity contribution in [3.8, 4) is 0 Å². The molecule has 3 rings (SSSR count). The van der Waals surface area contributed by atoms with Crippen LogP contribution in [0.1, 0.15) is 11.1 Å². The van der Waals surface area contributed by atoms with Crippen molar-refractivity contribution >= 4 is 11.5 Å². The molecule has 6 heteroatoms. The third-order valence-electron chi connectivity index (χ3n) is 3.90. The minimum atomic E-state index is -0.443. The quantitative estimate of drug-likeness (QED) is 0.678. The van der Waals surface area contributed by atoms with E-state index in [1.165, 1.54) is 23.4 Å². The van der Waals surface area contributed by atoms with Crippen LogP contribution in [0.4, 0.5) is 11.5 Å². The monoisotopic (exact) mass is 298 g/mol. The molecule has 2 aromatic rings. The number of fused-ring (bicyclic) bond motifs is 1. The Labute approximate surface area is 128 Å². The number of nitrogens with one attached hydrogen (secondary N) is 1. The molecular weight excluding hydrogens is 280 g/mol. The molecule has 22 heavy (non-hydrogen) atoms. The van der Waals surface area contributed by atoms with E-state index in [4.69, 9.17) is 0 Å². The van der Waals surface area contributed by atoms with Gasteiger partial charge in [0.25, 0.3) is 5.69 Å². The number of aromatic nitrogens is 1. The first-order valence-corrected chi connectivity index (χ1v) is 7.36. The molecule has 0 fully saturated rings. The van der Waals surface area contributed by atoms with Gasteiger partial charge in [-0.05, 0) is 23.6 Å². The van der Waals surface area contributed by atoms with Crippen molar-refractivity contribution in [2.75, 3.05) is 25.0 Å². The molecule has 0 aliphatic carbocycles. The maximum absolute atomic E-state index is 10.6. The molecule has 1 aromatic heterocycles. The van der Waals surface area contributed by atoms with E-state index in [-0.39, 0.29) is 5.69 Å². The van der Waals surface area contributed by atoms with Crippen molar-refractivity contribution in [1.29, 1.82) is 0 Å². The predicted molar refractivity (Wildman–Crippen MR) is 84.8 cm³/mol. The van der Waals surface area contributed by atoms with Gasteiger partial charge in [-0.25, -0.2) is 4.98 Å². The Kier molecular flexibility index (Phi) is 4.29. The van der Waals surface area contributed by atoms with Crippen LogP contribution in [-0.2, 0) is 13.0 Å². The molecule has 1 aromatic carbocycles. The SMILES string of the molecule is O=[N+]([O-])c1ccc(NCCN2CCc3ccccc3C2)nc1. The highest BCUT2D eigenvalue weighted by molar-refractivity contribution is 5.40. The van der Waals surface area contributed by atoms with E-state index in [0.717, 1.165) is 32.6 Å². The van der Waals surface area contributed by atoms with Crippen molar-refractivity contribution in [3.63, 3.8) is 0 Å². The van der Waals surface area contributed by atoms with Gasteiger partial charge in [-0.15, -0.1) is 0 Å². The first kappa shape index (κ1) is 14.5. The zero-order chi connectivity index (χ0) is 15.4. The summed E-state index contributed by atoms with van der Waals surface area (Å²) in [6, 6.07) is 11.7. The van der Waals surface area contributed by atoms with Crippen LogP contribution in [0.25, 0.3) is 0 Å². The van der Waals surface area contributed by atoms with Crippen molar-refractivity contribution in [1.82, 2.24) is 9.88 Å². The topological polar surface area (TPSA) is 71.3 Å². The normalized spacial score (nSPS) is 14.4. The molecule has 6 nitrogen and oxygen atoms in total. The minimum Gasteiger partial charge on any atom is -0.369 e. The van der Waals surface area contributed by atoms with Gasteiger partial charge in [0.15, 0.2) is 0 Å². The Morgan fingerprint density at radius 3 is 2.77 bits per heavy atom. The summed E-state index contributed by atoms with van der Waals surface area (Å²) in [5.74, 6) is 0.669. The molecule has 0 atom stereocenters. The van der Waals surface area contributed by atoms with Gasteiger partial charge >= 0.3 is 0 Å². The highest BCUT2D eigenvalue weighted by atomic mass is 16.6. The summed E-state index contributed by atoms with van der Waals surface area (Å²) in [7, 11) is 0. The average molecular weight is 298 g/mol. The molecule has 0 amide bonds. The number of anilines is 1. The smallest absolute Gasteiger partial charge is 0.287 e. The number of benzene rings is 1. The Balaban J connectivity index is 1.49. The van der Waals surface area contributed by atoms with Crippen LogP contribution < -0.4 is 5.32 Å². The van der Waals surface area contributed by atoms with Gasteiger partial charge in [-0.1, -0.05) is 24.3 Å². The standard InChI is InChI=1S/C16H18N4O2/c21-20(22)15-5-6-16(18-11-15)17-8-10-19-9-7-13-3-1-2-4-14(13)12-19/h1-6,11H,7-10,12H2,(H,17,18). The van der Waals surface area contributed by atoms with Gasteiger partial charge in [0.2, 0.25) is 0 Å². The Morgan fingerprint density at radius 1 is 1.23 bits per heavy atom. The molecular formula is C16H18N4O2. The van der Waals surface area contributed by atoms with E-state index in [9.17, 15) is 10.1 Å². The molecule has 1 aliphatic heterocycles. The van der Waals surface area contributed by atoms with Crippen LogP contribution in [0.3, 0.4) is 0 Å². The van der Waals surface area contributed by atoms with Crippen molar-refractivity contribution < 1.29 is 4.92 Å². The molecule has 0 saturated carbocycles. The summed E-state index contributed by atoms with van der Waals surface area (Å²) in [4.78, 5) is 16.6. The predicted octanol–water partition coefficient (Wildman–Crippen LogP) is 2.46. The van der Waals surface area contributed by atoms with Gasteiger partial charge in [0, 0.05) is 32.2 Å². The van der Waals surface area contributed by atoms with Gasteiger partial charge in [-0.3, -0.25) is 15.0 Å². The lowest BCUT2D eigenvalue weighted by Crippen LogP contribution is -2.34. The lowest BCUT2D eigenvalue weighted by Gasteiger charge is -2.28. The van der Waals surface area contributed by atoms with E-state index in [0.29, 0.717) is 5.82 Å². The Hall–Kier alpha value is -2.47. The van der Waals surface area contributed by atoms with E-state index >= 15 is 0 Å². The van der Waals surface area contributed by atoms with Crippen molar-refractivity contribution in [3.05, 3.63) is 63.8 Å². The van der Waals surface area contributed by atoms with Crippen LogP contribution in [0.5, 0.6) is 0 Å². The zero-order valence-electron chi connectivity index (χ0n) is 12.2. The minimum absolute atomic E-state index is 0.0122. The lowest BCUT2D eigenvalue weighted by molar-refractivity contribution is -0.385. The molecule has 1 aliphatic rings. The fourth-order valence-corrected chi connectivity index (χ4v) is 2.69. The fraction of sp³-hybridized carbons (Fsp3) is 0.312. The number of nitro groups is 1. The molecule has 0 bridgehead atoms. The summed E-state index contributed by atoms with van der Waals surface area (Å²) in [6.45, 7) is 3.73. The van der Waals surface area contributed by atoms with Gasteiger partial charge in [0.1, 0.15) is 12.0 Å². The lowest BCUT2D eigenvalue weighted by atomic mass is 10.00. The summed E-state index contributed by atoms with van der Waals surface area (Å²) < 4.78 is 0. The molecule has 0 saturated heterocycles. The number of nitrogens with zero attached hydrogens (tertiary/aromatic N) is 3. The van der Waals surface area contributed by atoms with Crippen LogP contribution in [0.2, 0.25) is 0 Å². The number of rotatable bonds is 5. The second kappa shape index (κ2) is 6.53. The summed E-state index contributed by atoms with van der Waals surface area (Å²) in [5.41, 5.74) is 2.86. The third-order valence-corrected chi connectivity index (χ3v) is 3.90. The molecule has 114 valence electrons. The Bertz CT molecular complexity index is 657. The molecule has 1 N–H and O–H groups in total. The first-order valence-electron chi connectivity index (χ1n) is 7.36. The van der Waals surface area contributed by atoms with Crippen molar-refractivity contribution in [2.45, 2.75) is 13.0 Å². The van der Waals surface area contributed by atoms with Gasteiger partial charge in [0.05, 0.1) is 4.92 Å². The highest BCUT2D eigenvalue weighted by Gasteiger charge is 2.14. The van der Waals surface area contributed by atoms with Gasteiger partial charge in [-0.2, -0.15) is 0 Å². The average Bonchev–Trinajstić information content (AvgIpc) is 2.55. The van der Waals surface area contributed by atoms with Gasteiger partial charge < -0.3 is 5.32 Å². The molecule has 0 unspecified atom stereocenters. The summed E-state index contributed by atoms with van der Waals surface area (Å²) in [5, 5.41) is 13.8. The highest BCUT2D eigenvalue weighted by Crippen LogP contribution is 2.18. The summed E-state index contributed by atoms with van der Waals surface area (Å²) in [6.07, 6.45) is 2.37. The zero-order valence-corrected chi connectivity index (χ0v) is 12.2. The first-order chi connectivity index (χ1) is 10.7. The number of hydrogen-bond donors (Lipinski definition) is 1. The molecule has 0 spiro atoms. The molecule has 0 radical (unpaired) electrons. The Morgan fingerprint density at radius 2 is 2.05 bits per heavy atom. The van der Waals surface area contributed by atoms with Crippen LogP contribution in [-0.4, -0.2) is 34.4 Å². The van der Waals surface area contributed by atoms with Crippen LogP contribution in [0.15, 0.2) is 42.6 Å². The maximum atomic E-state index is 10.6. The second-order valence-corrected chi connectivity index (χ2v) is 5.38. The second-order valence-electron chi connectivity index (χ2n) is 5.38. The van der Waals surface area contributed by atoms with E-state index in [2.05, 4.69) is 39.5 Å². The third kappa shape index (κ3) is 3.40. The largest absolute Gasteiger partial charge is 0.369 e. The maximum Gasteiger partial charge on any atom is 0.287 e. The van der Waals surface area contributed by atoms with Crippen LogP contribution in [0, 0.1) is 10.1 Å².